The number of aromatic nitrogens is 1. The van der Waals surface area contributed by atoms with Gasteiger partial charge in [0, 0.05) is 12.4 Å². The molecule has 0 bridgehead atoms. The molecule has 0 spiro atoms. The van der Waals surface area contributed by atoms with Crippen LogP contribution in [0.3, 0.4) is 0 Å². The summed E-state index contributed by atoms with van der Waals surface area (Å²) in [4.78, 5) is 22.6. The lowest BCUT2D eigenvalue weighted by atomic mass is 9.70. The fourth-order valence-corrected chi connectivity index (χ4v) is 3.97. The molecule has 1 saturated carbocycles. The number of hydrogen-bond donors (Lipinski definition) is 1. The summed E-state index contributed by atoms with van der Waals surface area (Å²) in [7, 11) is 0. The lowest BCUT2D eigenvalue weighted by Gasteiger charge is -2.37. The summed E-state index contributed by atoms with van der Waals surface area (Å²) in [6.45, 7) is 1.83. The molecular weight excluding hydrogens is 344 g/mol. The Bertz CT molecular complexity index is 743. The van der Waals surface area contributed by atoms with E-state index in [0.29, 0.717) is 4.99 Å². The van der Waals surface area contributed by atoms with Gasteiger partial charge >= 0.3 is 5.97 Å². The molecule has 0 aliphatic heterocycles. The number of benzene rings is 1. The van der Waals surface area contributed by atoms with Gasteiger partial charge in [-0.2, -0.15) is 0 Å². The first kappa shape index (κ1) is 18.5. The van der Waals surface area contributed by atoms with Gasteiger partial charge in [0.1, 0.15) is 4.99 Å². The van der Waals surface area contributed by atoms with Gasteiger partial charge in [-0.25, -0.2) is 10.3 Å². The Balaban J connectivity index is 1.70. The molecule has 3 rings (SSSR count). The van der Waals surface area contributed by atoms with Gasteiger partial charge in [0.25, 0.3) is 0 Å². The Hall–Kier alpha value is -2.27. The van der Waals surface area contributed by atoms with E-state index in [2.05, 4.69) is 16.5 Å². The van der Waals surface area contributed by atoms with Gasteiger partial charge in [0.2, 0.25) is 0 Å². The van der Waals surface area contributed by atoms with Crippen molar-refractivity contribution in [2.24, 2.45) is 0 Å². The van der Waals surface area contributed by atoms with E-state index in [0.717, 1.165) is 36.8 Å². The van der Waals surface area contributed by atoms with Crippen LogP contribution in [0.5, 0.6) is 0 Å². The van der Waals surface area contributed by atoms with E-state index in [9.17, 15) is 4.79 Å². The summed E-state index contributed by atoms with van der Waals surface area (Å²) >= 11 is 5.67. The Morgan fingerprint density at radius 3 is 2.54 bits per heavy atom. The minimum atomic E-state index is -0.354. The van der Waals surface area contributed by atoms with Crippen molar-refractivity contribution in [3.63, 3.8) is 0 Å². The monoisotopic (exact) mass is 368 g/mol. The minimum absolute atomic E-state index is 0.307. The quantitative estimate of drug-likeness (QED) is 0.638. The number of thiocarbonyl (C=S) groups is 1. The summed E-state index contributed by atoms with van der Waals surface area (Å²) in [5.41, 5.74) is 4.50. The summed E-state index contributed by atoms with van der Waals surface area (Å²) in [6, 6.07) is 13.6. The predicted octanol–water partition coefficient (Wildman–Crippen LogP) is 4.46. The minimum Gasteiger partial charge on any atom is -0.342 e. The van der Waals surface area contributed by atoms with Crippen molar-refractivity contribution in [2.45, 2.75) is 50.4 Å². The number of rotatable bonds is 4. The molecule has 0 saturated heterocycles. The highest BCUT2D eigenvalue weighted by Crippen LogP contribution is 2.40. The molecule has 4 nitrogen and oxygen atoms in total. The van der Waals surface area contributed by atoms with Gasteiger partial charge in [0.05, 0.1) is 11.3 Å². The average Bonchev–Trinajstić information content (AvgIpc) is 2.73. The van der Waals surface area contributed by atoms with Crippen LogP contribution in [0.25, 0.3) is 0 Å². The average molecular weight is 369 g/mol. The standard InChI is InChI=1S/C21H24N2O2S/c1-16(17-9-4-2-5-10-17)19(24)25-23-20(26)21(12-6-3-7-13-21)18-11-8-14-22-15-18/h2,4-5,8-11,14-16H,3,6-7,12-13H2,1H3,(H,23,26). The van der Waals surface area contributed by atoms with Crippen LogP contribution in [0.2, 0.25) is 0 Å². The molecule has 1 fully saturated rings. The zero-order chi connectivity index (χ0) is 18.4. The first-order valence-electron chi connectivity index (χ1n) is 9.10. The zero-order valence-corrected chi connectivity index (χ0v) is 15.8. The normalized spacial score (nSPS) is 17.1. The van der Waals surface area contributed by atoms with Gasteiger partial charge in [-0.1, -0.05) is 67.9 Å². The number of carbonyl (C=O) groups excluding carboxylic acids is 1. The Morgan fingerprint density at radius 2 is 1.88 bits per heavy atom. The predicted molar refractivity (Wildman–Crippen MR) is 106 cm³/mol. The lowest BCUT2D eigenvalue weighted by molar-refractivity contribution is -0.149. The van der Waals surface area contributed by atoms with E-state index in [-0.39, 0.29) is 17.3 Å². The van der Waals surface area contributed by atoms with Gasteiger partial charge in [0.15, 0.2) is 0 Å². The van der Waals surface area contributed by atoms with Gasteiger partial charge in [-0.15, -0.1) is 0 Å². The number of pyridine rings is 1. The van der Waals surface area contributed by atoms with Crippen molar-refractivity contribution in [3.05, 3.63) is 66.0 Å². The number of nitrogens with one attached hydrogen (secondary N) is 1. The van der Waals surface area contributed by atoms with Crippen molar-refractivity contribution < 1.29 is 9.63 Å². The molecular formula is C21H24N2O2S. The van der Waals surface area contributed by atoms with E-state index in [4.69, 9.17) is 17.1 Å². The van der Waals surface area contributed by atoms with Crippen molar-refractivity contribution in [1.29, 1.82) is 0 Å². The van der Waals surface area contributed by atoms with E-state index >= 15 is 0 Å². The van der Waals surface area contributed by atoms with Crippen LogP contribution >= 0.6 is 12.2 Å². The first-order valence-corrected chi connectivity index (χ1v) is 9.51. The van der Waals surface area contributed by atoms with Crippen molar-refractivity contribution in [1.82, 2.24) is 10.5 Å². The SMILES string of the molecule is CC(C(=O)ONC(=S)C1(c2cccnc2)CCCCC1)c1ccccc1. The number of hydroxylamine groups is 1. The number of carbonyl (C=O) groups is 1. The van der Waals surface area contributed by atoms with Gasteiger partial charge in [-0.05, 0) is 37.0 Å². The molecule has 5 heteroatoms. The molecule has 136 valence electrons. The van der Waals surface area contributed by atoms with E-state index < -0.39 is 0 Å². The highest BCUT2D eigenvalue weighted by molar-refractivity contribution is 7.80. The van der Waals surface area contributed by atoms with Crippen LogP contribution in [0.1, 0.15) is 56.1 Å². The van der Waals surface area contributed by atoms with E-state index in [1.165, 1.54) is 6.42 Å². The maximum Gasteiger partial charge on any atom is 0.339 e. The fourth-order valence-electron chi connectivity index (χ4n) is 3.61. The van der Waals surface area contributed by atoms with Crippen molar-refractivity contribution >= 4 is 23.2 Å². The molecule has 0 amide bonds. The Morgan fingerprint density at radius 1 is 1.15 bits per heavy atom. The second-order valence-corrected chi connectivity index (χ2v) is 7.28. The van der Waals surface area contributed by atoms with Crippen molar-refractivity contribution in [2.75, 3.05) is 0 Å². The van der Waals surface area contributed by atoms with Gasteiger partial charge in [-0.3, -0.25) is 4.98 Å². The number of nitrogens with zero attached hydrogens (tertiary/aromatic N) is 1. The molecule has 1 heterocycles. The first-order chi connectivity index (χ1) is 12.6. The Kier molecular flexibility index (Phi) is 5.99. The van der Waals surface area contributed by atoms with Gasteiger partial charge < -0.3 is 4.84 Å². The lowest BCUT2D eigenvalue weighted by Crippen LogP contribution is -2.45. The molecule has 1 aliphatic rings. The molecule has 1 aromatic carbocycles. The molecule has 1 atom stereocenters. The molecule has 26 heavy (non-hydrogen) atoms. The van der Waals surface area contributed by atoms with E-state index in [1.807, 2.05) is 49.5 Å². The summed E-state index contributed by atoms with van der Waals surface area (Å²) in [5, 5.41) is 0. The molecule has 1 unspecified atom stereocenters. The maximum absolute atomic E-state index is 12.4. The van der Waals surface area contributed by atoms with Crippen LogP contribution in [0, 0.1) is 0 Å². The molecule has 1 aliphatic carbocycles. The third-order valence-corrected chi connectivity index (χ3v) is 5.73. The summed E-state index contributed by atoms with van der Waals surface area (Å²) in [6.07, 6.45) is 8.92. The summed E-state index contributed by atoms with van der Waals surface area (Å²) < 4.78 is 0. The molecule has 1 N–H and O–H groups in total. The molecule has 0 radical (unpaired) electrons. The highest BCUT2D eigenvalue weighted by atomic mass is 32.1. The van der Waals surface area contributed by atoms with Crippen molar-refractivity contribution in [3.8, 4) is 0 Å². The second-order valence-electron chi connectivity index (χ2n) is 6.87. The van der Waals surface area contributed by atoms with Crippen LogP contribution < -0.4 is 5.48 Å². The summed E-state index contributed by atoms with van der Waals surface area (Å²) in [5.74, 6) is -0.692. The second kappa shape index (κ2) is 8.41. The van der Waals surface area contributed by atoms with Crippen LogP contribution in [-0.4, -0.2) is 15.9 Å². The van der Waals surface area contributed by atoms with E-state index in [1.54, 1.807) is 6.20 Å². The fraction of sp³-hybridized carbons (Fsp3) is 0.381. The topological polar surface area (TPSA) is 51.2 Å². The highest BCUT2D eigenvalue weighted by Gasteiger charge is 2.39. The van der Waals surface area contributed by atoms with Crippen LogP contribution in [-0.2, 0) is 15.0 Å². The van der Waals surface area contributed by atoms with Crippen LogP contribution in [0.15, 0.2) is 54.9 Å². The molecule has 1 aromatic heterocycles. The van der Waals surface area contributed by atoms with Crippen LogP contribution in [0.4, 0.5) is 0 Å². The maximum atomic E-state index is 12.4. The Labute approximate surface area is 159 Å². The number of hydrogen-bond acceptors (Lipinski definition) is 4. The largest absolute Gasteiger partial charge is 0.342 e. The zero-order valence-electron chi connectivity index (χ0n) is 15.0. The smallest absolute Gasteiger partial charge is 0.339 e. The third kappa shape index (κ3) is 3.93. The molecule has 2 aromatic rings. The third-order valence-electron chi connectivity index (χ3n) is 5.25.